The maximum atomic E-state index is 12.7. The topological polar surface area (TPSA) is 109 Å². The van der Waals surface area contributed by atoms with Gasteiger partial charge in [-0.1, -0.05) is 50.2 Å². The smallest absolute Gasteiger partial charge is 0.240 e. The van der Waals surface area contributed by atoms with Crippen LogP contribution in [0.3, 0.4) is 0 Å². The number of rotatable bonds is 6. The molecule has 0 aliphatic rings. The van der Waals surface area contributed by atoms with Crippen LogP contribution >= 0.6 is 0 Å². The summed E-state index contributed by atoms with van der Waals surface area (Å²) >= 11 is 0. The van der Waals surface area contributed by atoms with Crippen molar-refractivity contribution in [1.29, 1.82) is 0 Å². The zero-order chi connectivity index (χ0) is 21.5. The number of hydrogen-bond donors (Lipinski definition) is 2. The minimum absolute atomic E-state index is 0.0441. The molecule has 0 aliphatic heterocycles. The molecule has 4 rings (SSSR count). The van der Waals surface area contributed by atoms with Crippen LogP contribution in [0.15, 0.2) is 47.4 Å². The van der Waals surface area contributed by atoms with Gasteiger partial charge in [-0.15, -0.1) is 10.2 Å². The predicted octanol–water partition coefficient (Wildman–Crippen LogP) is 2.65. The minimum Gasteiger partial charge on any atom is -0.395 e. The molecule has 30 heavy (non-hydrogen) atoms. The van der Waals surface area contributed by atoms with Crippen molar-refractivity contribution < 1.29 is 13.5 Å². The van der Waals surface area contributed by atoms with Gasteiger partial charge >= 0.3 is 0 Å². The van der Waals surface area contributed by atoms with E-state index in [-0.39, 0.29) is 24.0 Å². The Kier molecular flexibility index (Phi) is 5.27. The summed E-state index contributed by atoms with van der Waals surface area (Å²) in [5, 5.41) is 24.2. The monoisotopic (exact) mass is 425 g/mol. The van der Waals surface area contributed by atoms with Crippen LogP contribution < -0.4 is 4.72 Å². The number of aliphatic hydroxyl groups is 1. The standard InChI is InChI=1S/C21H23N5O3S/c1-13(2)20-23-24-21-17-7-5-4-6-16(17)19(25-26(20)21)15-9-8-14(3)18(12-15)30(28,29)22-10-11-27/h4-9,12-13,22,27H,10-11H2,1-3H3. The van der Waals surface area contributed by atoms with Crippen LogP contribution in [0.2, 0.25) is 0 Å². The van der Waals surface area contributed by atoms with Crippen LogP contribution in [-0.2, 0) is 10.0 Å². The van der Waals surface area contributed by atoms with Gasteiger partial charge in [-0.05, 0) is 18.6 Å². The summed E-state index contributed by atoms with van der Waals surface area (Å²) in [6.07, 6.45) is 0. The predicted molar refractivity (Wildman–Crippen MR) is 115 cm³/mol. The summed E-state index contributed by atoms with van der Waals surface area (Å²) in [5.74, 6) is 0.861. The Labute approximate surface area is 174 Å². The van der Waals surface area contributed by atoms with Crippen LogP contribution in [0, 0.1) is 6.92 Å². The highest BCUT2D eigenvalue weighted by atomic mass is 32.2. The number of nitrogens with zero attached hydrogens (tertiary/aromatic N) is 4. The van der Waals surface area contributed by atoms with E-state index < -0.39 is 10.0 Å². The minimum atomic E-state index is -3.76. The van der Waals surface area contributed by atoms with Gasteiger partial charge in [0, 0.05) is 28.8 Å². The number of benzene rings is 2. The quantitative estimate of drug-likeness (QED) is 0.491. The van der Waals surface area contributed by atoms with Gasteiger partial charge in [0.05, 0.1) is 17.2 Å². The fraction of sp³-hybridized carbons (Fsp3) is 0.286. The lowest BCUT2D eigenvalue weighted by Gasteiger charge is -2.13. The van der Waals surface area contributed by atoms with E-state index in [1.807, 2.05) is 44.2 Å². The van der Waals surface area contributed by atoms with E-state index in [0.717, 1.165) is 16.6 Å². The summed E-state index contributed by atoms with van der Waals surface area (Å²) in [6.45, 7) is 5.47. The van der Waals surface area contributed by atoms with Crippen LogP contribution in [0.25, 0.3) is 27.7 Å². The van der Waals surface area contributed by atoms with E-state index >= 15 is 0 Å². The maximum absolute atomic E-state index is 12.7. The fourth-order valence-electron chi connectivity index (χ4n) is 3.46. The van der Waals surface area contributed by atoms with Gasteiger partial charge < -0.3 is 5.11 Å². The van der Waals surface area contributed by atoms with Crippen molar-refractivity contribution in [2.45, 2.75) is 31.6 Å². The Morgan fingerprint density at radius 3 is 2.53 bits per heavy atom. The number of aryl methyl sites for hydroxylation is 1. The lowest BCUT2D eigenvalue weighted by atomic mass is 10.0. The van der Waals surface area contributed by atoms with Crippen LogP contribution in [0.4, 0.5) is 0 Å². The van der Waals surface area contributed by atoms with Crippen molar-refractivity contribution in [1.82, 2.24) is 24.5 Å². The lowest BCUT2D eigenvalue weighted by molar-refractivity contribution is 0.301. The molecule has 0 fully saturated rings. The van der Waals surface area contributed by atoms with Crippen molar-refractivity contribution in [2.75, 3.05) is 13.2 Å². The lowest BCUT2D eigenvalue weighted by Crippen LogP contribution is -2.27. The van der Waals surface area contributed by atoms with Gasteiger partial charge in [0.25, 0.3) is 0 Å². The third-order valence-corrected chi connectivity index (χ3v) is 6.56. The number of hydrogen-bond acceptors (Lipinski definition) is 6. The van der Waals surface area contributed by atoms with Gasteiger partial charge in [-0.25, -0.2) is 13.1 Å². The highest BCUT2D eigenvalue weighted by Gasteiger charge is 2.20. The van der Waals surface area contributed by atoms with Gasteiger partial charge in [0.1, 0.15) is 0 Å². The van der Waals surface area contributed by atoms with Gasteiger partial charge in [0.2, 0.25) is 10.0 Å². The number of fused-ring (bicyclic) bond motifs is 3. The summed E-state index contributed by atoms with van der Waals surface area (Å²) < 4.78 is 29.6. The molecule has 8 nitrogen and oxygen atoms in total. The molecule has 0 atom stereocenters. The molecular formula is C21H23N5O3S. The largest absolute Gasteiger partial charge is 0.395 e. The van der Waals surface area contributed by atoms with Crippen molar-refractivity contribution in [3.05, 3.63) is 53.9 Å². The molecule has 2 heterocycles. The van der Waals surface area contributed by atoms with Gasteiger partial charge in [0.15, 0.2) is 11.5 Å². The molecule has 2 N–H and O–H groups in total. The Morgan fingerprint density at radius 1 is 1.10 bits per heavy atom. The van der Waals surface area contributed by atoms with Crippen molar-refractivity contribution in [3.63, 3.8) is 0 Å². The second-order valence-electron chi connectivity index (χ2n) is 7.44. The first-order valence-corrected chi connectivity index (χ1v) is 11.2. The molecule has 156 valence electrons. The summed E-state index contributed by atoms with van der Waals surface area (Å²) in [5.41, 5.74) is 2.61. The molecule has 0 amide bonds. The van der Waals surface area contributed by atoms with Crippen molar-refractivity contribution >= 4 is 26.4 Å². The van der Waals surface area contributed by atoms with Crippen LogP contribution in [0.1, 0.15) is 31.2 Å². The highest BCUT2D eigenvalue weighted by Crippen LogP contribution is 2.31. The average Bonchev–Trinajstić information content (AvgIpc) is 3.16. The summed E-state index contributed by atoms with van der Waals surface area (Å²) in [4.78, 5) is 0.160. The van der Waals surface area contributed by atoms with Crippen molar-refractivity contribution in [3.8, 4) is 11.3 Å². The Balaban J connectivity index is 1.99. The average molecular weight is 426 g/mol. The first-order chi connectivity index (χ1) is 14.3. The molecule has 0 saturated carbocycles. The fourth-order valence-corrected chi connectivity index (χ4v) is 4.75. The number of sulfonamides is 1. The Bertz CT molecular complexity index is 1350. The second-order valence-corrected chi connectivity index (χ2v) is 9.18. The normalized spacial score (nSPS) is 12.3. The molecule has 9 heteroatoms. The zero-order valence-electron chi connectivity index (χ0n) is 17.0. The van der Waals surface area contributed by atoms with E-state index in [9.17, 15) is 8.42 Å². The molecule has 0 aliphatic carbocycles. The van der Waals surface area contributed by atoms with Gasteiger partial charge in [-0.3, -0.25) is 0 Å². The number of nitrogens with one attached hydrogen (secondary N) is 1. The zero-order valence-corrected chi connectivity index (χ0v) is 17.8. The third-order valence-electron chi connectivity index (χ3n) is 4.96. The molecule has 0 saturated heterocycles. The highest BCUT2D eigenvalue weighted by molar-refractivity contribution is 7.89. The molecule has 0 spiro atoms. The molecule has 2 aromatic carbocycles. The SMILES string of the molecule is Cc1ccc(-c2nn3c(C(C)C)nnc3c3ccccc23)cc1S(=O)(=O)NCCO. The van der Waals surface area contributed by atoms with Gasteiger partial charge in [-0.2, -0.15) is 9.61 Å². The van der Waals surface area contributed by atoms with Crippen LogP contribution in [-0.4, -0.2) is 46.5 Å². The van der Waals surface area contributed by atoms with E-state index in [1.54, 1.807) is 23.6 Å². The Morgan fingerprint density at radius 2 is 1.83 bits per heavy atom. The van der Waals surface area contributed by atoms with Crippen molar-refractivity contribution in [2.24, 2.45) is 0 Å². The molecule has 0 unspecified atom stereocenters. The first kappa shape index (κ1) is 20.4. The number of aromatic nitrogens is 4. The van der Waals surface area contributed by atoms with E-state index in [4.69, 9.17) is 10.2 Å². The third kappa shape index (κ3) is 3.45. The summed E-state index contributed by atoms with van der Waals surface area (Å²) in [7, 11) is -3.76. The van der Waals surface area contributed by atoms with E-state index in [2.05, 4.69) is 14.9 Å². The molecular weight excluding hydrogens is 402 g/mol. The second kappa shape index (κ2) is 7.75. The first-order valence-electron chi connectivity index (χ1n) is 9.69. The summed E-state index contributed by atoms with van der Waals surface area (Å²) in [6, 6.07) is 13.0. The number of aliphatic hydroxyl groups excluding tert-OH is 1. The molecule has 0 bridgehead atoms. The van der Waals surface area contributed by atoms with E-state index in [1.165, 1.54) is 0 Å². The molecule has 4 aromatic rings. The molecule has 0 radical (unpaired) electrons. The van der Waals surface area contributed by atoms with Crippen LogP contribution in [0.5, 0.6) is 0 Å². The molecule has 2 aromatic heterocycles. The van der Waals surface area contributed by atoms with E-state index in [0.29, 0.717) is 22.5 Å². The maximum Gasteiger partial charge on any atom is 0.240 e. The Hall–Kier alpha value is -2.88.